The Balaban J connectivity index is 1.86. The average Bonchev–Trinajstić information content (AvgIpc) is 3.40. The molecule has 0 heterocycles. The van der Waals surface area contributed by atoms with E-state index in [1.54, 1.807) is 0 Å². The maximum absolute atomic E-state index is 12.9. The van der Waals surface area contributed by atoms with Crippen LogP contribution in [0.5, 0.6) is 0 Å². The van der Waals surface area contributed by atoms with Crippen LogP contribution in [-0.4, -0.2) is 18.5 Å². The monoisotopic (exact) mass is 294 g/mol. The van der Waals surface area contributed by atoms with Crippen molar-refractivity contribution in [2.24, 2.45) is 11.7 Å². The van der Waals surface area contributed by atoms with Crippen LogP contribution in [0.2, 0.25) is 0 Å². The zero-order chi connectivity index (χ0) is 15.4. The second kappa shape index (κ2) is 6.75. The van der Waals surface area contributed by atoms with E-state index in [2.05, 4.69) is 5.32 Å². The highest BCUT2D eigenvalue weighted by atomic mass is 16.2. The fourth-order valence-electron chi connectivity index (χ4n) is 2.92. The third-order valence-corrected chi connectivity index (χ3v) is 4.30. The summed E-state index contributed by atoms with van der Waals surface area (Å²) in [6.45, 7) is 0.507. The minimum absolute atomic E-state index is 0.0414. The fraction of sp³-hybridized carbons (Fsp3) is 0.316. The Morgan fingerprint density at radius 1 is 1.00 bits per heavy atom. The van der Waals surface area contributed by atoms with Crippen molar-refractivity contribution < 1.29 is 4.79 Å². The first-order valence-electron chi connectivity index (χ1n) is 7.90. The molecule has 0 bridgehead atoms. The van der Waals surface area contributed by atoms with Gasteiger partial charge in [-0.2, -0.15) is 0 Å². The molecule has 1 aliphatic rings. The van der Waals surface area contributed by atoms with Crippen LogP contribution in [0.25, 0.3) is 0 Å². The number of nitrogens with two attached hydrogens (primary N) is 1. The molecule has 0 saturated heterocycles. The standard InChI is InChI=1S/C19H22N2O/c20-13-17(14-11-12-14)21-19(22)18(15-7-3-1-4-8-15)16-9-5-2-6-10-16/h1-10,14,17-18H,11-13,20H2,(H,21,22). The summed E-state index contributed by atoms with van der Waals surface area (Å²) < 4.78 is 0. The summed E-state index contributed by atoms with van der Waals surface area (Å²) >= 11 is 0. The third kappa shape index (κ3) is 3.37. The molecular formula is C19H22N2O. The molecule has 0 spiro atoms. The van der Waals surface area contributed by atoms with Crippen molar-refractivity contribution >= 4 is 5.91 Å². The van der Waals surface area contributed by atoms with Gasteiger partial charge >= 0.3 is 0 Å². The molecular weight excluding hydrogens is 272 g/mol. The molecule has 3 heteroatoms. The molecule has 3 N–H and O–H groups in total. The molecule has 1 unspecified atom stereocenters. The van der Waals surface area contributed by atoms with Gasteiger partial charge in [0, 0.05) is 12.6 Å². The van der Waals surface area contributed by atoms with Crippen molar-refractivity contribution in [3.63, 3.8) is 0 Å². The molecule has 114 valence electrons. The molecule has 1 saturated carbocycles. The number of carbonyl (C=O) groups excluding carboxylic acids is 1. The van der Waals surface area contributed by atoms with Crippen LogP contribution in [0.4, 0.5) is 0 Å². The van der Waals surface area contributed by atoms with Gasteiger partial charge in [-0.15, -0.1) is 0 Å². The van der Waals surface area contributed by atoms with E-state index in [0.29, 0.717) is 12.5 Å². The van der Waals surface area contributed by atoms with Gasteiger partial charge in [0.1, 0.15) is 0 Å². The van der Waals surface area contributed by atoms with Crippen molar-refractivity contribution in [2.75, 3.05) is 6.54 Å². The first-order chi connectivity index (χ1) is 10.8. The molecule has 22 heavy (non-hydrogen) atoms. The van der Waals surface area contributed by atoms with E-state index in [1.807, 2.05) is 60.7 Å². The van der Waals surface area contributed by atoms with E-state index < -0.39 is 0 Å². The Labute approximate surface area is 131 Å². The highest BCUT2D eigenvalue weighted by Gasteiger charge is 2.33. The molecule has 3 rings (SSSR count). The number of benzene rings is 2. The molecule has 0 aliphatic heterocycles. The van der Waals surface area contributed by atoms with E-state index in [1.165, 1.54) is 12.8 Å². The van der Waals surface area contributed by atoms with E-state index in [0.717, 1.165) is 11.1 Å². The summed E-state index contributed by atoms with van der Waals surface area (Å²) in [6, 6.07) is 19.9. The highest BCUT2D eigenvalue weighted by molar-refractivity contribution is 5.87. The summed E-state index contributed by atoms with van der Waals surface area (Å²) in [5, 5.41) is 3.16. The van der Waals surface area contributed by atoms with Crippen molar-refractivity contribution in [3.05, 3.63) is 71.8 Å². The van der Waals surface area contributed by atoms with E-state index in [-0.39, 0.29) is 17.9 Å². The van der Waals surface area contributed by atoms with Gasteiger partial charge in [0.05, 0.1) is 5.92 Å². The second-order valence-corrected chi connectivity index (χ2v) is 5.94. The Morgan fingerprint density at radius 2 is 1.50 bits per heavy atom. The zero-order valence-electron chi connectivity index (χ0n) is 12.6. The van der Waals surface area contributed by atoms with Gasteiger partial charge in [0.25, 0.3) is 0 Å². The number of rotatable bonds is 6. The van der Waals surface area contributed by atoms with Gasteiger partial charge in [-0.05, 0) is 29.9 Å². The predicted octanol–water partition coefficient (Wildman–Crippen LogP) is 2.67. The number of amides is 1. The predicted molar refractivity (Wildman–Crippen MR) is 88.4 cm³/mol. The van der Waals surface area contributed by atoms with Crippen LogP contribution < -0.4 is 11.1 Å². The minimum Gasteiger partial charge on any atom is -0.351 e. The van der Waals surface area contributed by atoms with Crippen molar-refractivity contribution in [2.45, 2.75) is 24.8 Å². The van der Waals surface area contributed by atoms with Crippen LogP contribution in [0, 0.1) is 5.92 Å². The number of carbonyl (C=O) groups is 1. The quantitative estimate of drug-likeness (QED) is 0.860. The summed E-state index contributed by atoms with van der Waals surface area (Å²) in [5.74, 6) is 0.316. The topological polar surface area (TPSA) is 55.1 Å². The summed E-state index contributed by atoms with van der Waals surface area (Å²) in [7, 11) is 0. The van der Waals surface area contributed by atoms with Crippen molar-refractivity contribution in [3.8, 4) is 0 Å². The van der Waals surface area contributed by atoms with Gasteiger partial charge in [-0.3, -0.25) is 4.79 Å². The number of nitrogens with one attached hydrogen (secondary N) is 1. The van der Waals surface area contributed by atoms with Crippen molar-refractivity contribution in [1.82, 2.24) is 5.32 Å². The molecule has 2 aromatic carbocycles. The molecule has 0 aromatic heterocycles. The van der Waals surface area contributed by atoms with E-state index in [9.17, 15) is 4.79 Å². The maximum atomic E-state index is 12.9. The molecule has 2 aromatic rings. The summed E-state index contributed by atoms with van der Waals surface area (Å²) in [4.78, 5) is 12.9. The average molecular weight is 294 g/mol. The molecule has 1 amide bonds. The van der Waals surface area contributed by atoms with Gasteiger partial charge in [-0.1, -0.05) is 60.7 Å². The smallest absolute Gasteiger partial charge is 0.232 e. The molecule has 3 nitrogen and oxygen atoms in total. The van der Waals surface area contributed by atoms with Crippen molar-refractivity contribution in [1.29, 1.82) is 0 Å². The lowest BCUT2D eigenvalue weighted by Crippen LogP contribution is -2.44. The van der Waals surface area contributed by atoms with Crippen LogP contribution in [0.1, 0.15) is 29.9 Å². The third-order valence-electron chi connectivity index (χ3n) is 4.30. The number of hydrogen-bond acceptors (Lipinski definition) is 2. The van der Waals surface area contributed by atoms with Crippen LogP contribution >= 0.6 is 0 Å². The summed E-state index contributed by atoms with van der Waals surface area (Å²) in [6.07, 6.45) is 2.34. The first-order valence-corrected chi connectivity index (χ1v) is 7.90. The number of hydrogen-bond donors (Lipinski definition) is 2. The normalized spacial score (nSPS) is 15.5. The molecule has 0 radical (unpaired) electrons. The molecule has 1 fully saturated rings. The lowest BCUT2D eigenvalue weighted by molar-refractivity contribution is -0.122. The highest BCUT2D eigenvalue weighted by Crippen LogP contribution is 2.33. The zero-order valence-corrected chi connectivity index (χ0v) is 12.6. The fourth-order valence-corrected chi connectivity index (χ4v) is 2.92. The van der Waals surface area contributed by atoms with Gasteiger partial charge in [0.2, 0.25) is 5.91 Å². The Bertz CT molecular complexity index is 568. The van der Waals surface area contributed by atoms with E-state index >= 15 is 0 Å². The van der Waals surface area contributed by atoms with Crippen LogP contribution in [0.15, 0.2) is 60.7 Å². The Morgan fingerprint density at radius 3 is 1.91 bits per heavy atom. The lowest BCUT2D eigenvalue weighted by Gasteiger charge is -2.22. The maximum Gasteiger partial charge on any atom is 0.232 e. The van der Waals surface area contributed by atoms with E-state index in [4.69, 9.17) is 5.73 Å². The lowest BCUT2D eigenvalue weighted by atomic mass is 9.90. The SMILES string of the molecule is NCC(NC(=O)C(c1ccccc1)c1ccccc1)C1CC1. The molecule has 1 atom stereocenters. The summed E-state index contributed by atoms with van der Waals surface area (Å²) in [5.41, 5.74) is 7.85. The second-order valence-electron chi connectivity index (χ2n) is 5.94. The van der Waals surface area contributed by atoms with Gasteiger partial charge < -0.3 is 11.1 Å². The van der Waals surface area contributed by atoms with Crippen LogP contribution in [0.3, 0.4) is 0 Å². The minimum atomic E-state index is -0.282. The van der Waals surface area contributed by atoms with Crippen LogP contribution in [-0.2, 0) is 4.79 Å². The van der Waals surface area contributed by atoms with Gasteiger partial charge in [0.15, 0.2) is 0 Å². The molecule has 1 aliphatic carbocycles. The Kier molecular flexibility index (Phi) is 4.54. The van der Waals surface area contributed by atoms with Gasteiger partial charge in [-0.25, -0.2) is 0 Å². The first kappa shape index (κ1) is 14.8. The Hall–Kier alpha value is -2.13. The largest absolute Gasteiger partial charge is 0.351 e.